The van der Waals surface area contributed by atoms with E-state index in [-0.39, 0.29) is 17.1 Å². The molecule has 2 rings (SSSR count). The molecule has 1 fully saturated rings. The maximum atomic E-state index is 13.5. The molecular formula is C17H23BrFNO. The van der Waals surface area contributed by atoms with Crippen LogP contribution in [0, 0.1) is 5.82 Å². The van der Waals surface area contributed by atoms with Gasteiger partial charge in [-0.2, -0.15) is 0 Å². The summed E-state index contributed by atoms with van der Waals surface area (Å²) in [5.41, 5.74) is 0.368. The van der Waals surface area contributed by atoms with Crippen molar-refractivity contribution in [3.63, 3.8) is 0 Å². The van der Waals surface area contributed by atoms with Crippen LogP contribution < -0.4 is 0 Å². The maximum absolute atomic E-state index is 13.5. The fourth-order valence-electron chi connectivity index (χ4n) is 3.35. The molecule has 0 atom stereocenters. The molecule has 0 radical (unpaired) electrons. The van der Waals surface area contributed by atoms with E-state index in [1.807, 2.05) is 20.2 Å². The Labute approximate surface area is 134 Å². The molecule has 21 heavy (non-hydrogen) atoms. The van der Waals surface area contributed by atoms with E-state index in [1.54, 1.807) is 0 Å². The van der Waals surface area contributed by atoms with Crippen LogP contribution in [0.15, 0.2) is 22.7 Å². The van der Waals surface area contributed by atoms with Gasteiger partial charge in [-0.25, -0.2) is 4.39 Å². The van der Waals surface area contributed by atoms with Crippen molar-refractivity contribution in [1.82, 2.24) is 4.90 Å². The number of ketones is 1. The summed E-state index contributed by atoms with van der Waals surface area (Å²) in [5.74, 6) is -0.0844. The molecule has 0 amide bonds. The van der Waals surface area contributed by atoms with Crippen molar-refractivity contribution >= 4 is 21.7 Å². The van der Waals surface area contributed by atoms with Gasteiger partial charge in [0, 0.05) is 10.9 Å². The molecule has 4 heteroatoms. The minimum absolute atomic E-state index is 0.215. The molecule has 1 aliphatic carbocycles. The van der Waals surface area contributed by atoms with Gasteiger partial charge in [-0.1, -0.05) is 41.6 Å². The standard InChI is InChI=1S/C17H23BrFNO/c1-20(2)17(7-5-3-4-6-8-17)16(21)11-13-9-14(18)12-15(19)10-13/h9-10,12H,3-8,11H2,1-2H3. The van der Waals surface area contributed by atoms with Crippen LogP contribution in [0.3, 0.4) is 0 Å². The summed E-state index contributed by atoms with van der Waals surface area (Å²) in [5, 5.41) is 0. The Morgan fingerprint density at radius 2 is 1.81 bits per heavy atom. The molecule has 0 spiro atoms. The number of benzene rings is 1. The minimum Gasteiger partial charge on any atom is -0.297 e. The van der Waals surface area contributed by atoms with E-state index in [0.717, 1.165) is 31.2 Å². The first-order valence-corrected chi connectivity index (χ1v) is 8.39. The number of Topliss-reactive ketones (excluding diaryl/α,β-unsaturated/α-hetero) is 1. The van der Waals surface area contributed by atoms with E-state index in [2.05, 4.69) is 20.8 Å². The zero-order chi connectivity index (χ0) is 15.5. The van der Waals surface area contributed by atoms with Gasteiger partial charge in [-0.3, -0.25) is 9.69 Å². The average molecular weight is 356 g/mol. The van der Waals surface area contributed by atoms with Crippen LogP contribution in [-0.2, 0) is 11.2 Å². The third-order valence-electron chi connectivity index (χ3n) is 4.59. The normalized spacial score (nSPS) is 18.5. The number of carbonyl (C=O) groups is 1. The highest BCUT2D eigenvalue weighted by Gasteiger charge is 2.39. The molecule has 2 nitrogen and oxygen atoms in total. The minimum atomic E-state index is -0.380. The number of rotatable bonds is 4. The Balaban J connectivity index is 2.22. The summed E-state index contributed by atoms with van der Waals surface area (Å²) in [6.45, 7) is 0. The van der Waals surface area contributed by atoms with Crippen LogP contribution >= 0.6 is 15.9 Å². The molecule has 0 heterocycles. The first-order valence-electron chi connectivity index (χ1n) is 7.60. The van der Waals surface area contributed by atoms with Crippen molar-refractivity contribution in [3.8, 4) is 0 Å². The lowest BCUT2D eigenvalue weighted by Gasteiger charge is -2.38. The van der Waals surface area contributed by atoms with Crippen LogP contribution in [0.2, 0.25) is 0 Å². The fraction of sp³-hybridized carbons (Fsp3) is 0.588. The van der Waals surface area contributed by atoms with E-state index >= 15 is 0 Å². The molecule has 116 valence electrons. The van der Waals surface area contributed by atoms with E-state index in [9.17, 15) is 9.18 Å². The monoisotopic (exact) mass is 355 g/mol. The first-order chi connectivity index (χ1) is 9.94. The van der Waals surface area contributed by atoms with Crippen molar-refractivity contribution < 1.29 is 9.18 Å². The van der Waals surface area contributed by atoms with Crippen molar-refractivity contribution in [2.75, 3.05) is 14.1 Å². The highest BCUT2D eigenvalue weighted by atomic mass is 79.9. The van der Waals surface area contributed by atoms with E-state index in [1.165, 1.54) is 25.0 Å². The predicted molar refractivity (Wildman–Crippen MR) is 86.9 cm³/mol. The van der Waals surface area contributed by atoms with Crippen LogP contribution in [0.1, 0.15) is 44.1 Å². The van der Waals surface area contributed by atoms with Crippen molar-refractivity contribution in [2.24, 2.45) is 0 Å². The summed E-state index contributed by atoms with van der Waals surface area (Å²) < 4.78 is 14.2. The number of likely N-dealkylation sites (N-methyl/N-ethyl adjacent to an activating group) is 1. The van der Waals surface area contributed by atoms with Gasteiger partial charge in [-0.05, 0) is 50.7 Å². The molecule has 1 saturated carbocycles. The molecule has 0 bridgehead atoms. The maximum Gasteiger partial charge on any atom is 0.157 e. The number of carbonyl (C=O) groups excluding carboxylic acids is 1. The molecular weight excluding hydrogens is 333 g/mol. The molecule has 0 unspecified atom stereocenters. The van der Waals surface area contributed by atoms with Gasteiger partial charge in [0.15, 0.2) is 5.78 Å². The van der Waals surface area contributed by atoms with Gasteiger partial charge < -0.3 is 0 Å². The third-order valence-corrected chi connectivity index (χ3v) is 5.05. The van der Waals surface area contributed by atoms with E-state index in [0.29, 0.717) is 10.9 Å². The van der Waals surface area contributed by atoms with Crippen molar-refractivity contribution in [2.45, 2.75) is 50.5 Å². The van der Waals surface area contributed by atoms with Crippen molar-refractivity contribution in [3.05, 3.63) is 34.1 Å². The summed E-state index contributed by atoms with van der Waals surface area (Å²) in [6, 6.07) is 4.71. The Morgan fingerprint density at radius 3 is 2.33 bits per heavy atom. The Kier molecular flexibility index (Phi) is 5.55. The number of halogens is 2. The van der Waals surface area contributed by atoms with Crippen LogP contribution in [0.4, 0.5) is 4.39 Å². The molecule has 0 N–H and O–H groups in total. The summed E-state index contributed by atoms with van der Waals surface area (Å²) in [7, 11) is 3.98. The second kappa shape index (κ2) is 7.01. The highest BCUT2D eigenvalue weighted by Crippen LogP contribution is 2.33. The quantitative estimate of drug-likeness (QED) is 0.748. The number of hydrogen-bond donors (Lipinski definition) is 0. The van der Waals surface area contributed by atoms with E-state index < -0.39 is 0 Å². The summed E-state index contributed by atoms with van der Waals surface area (Å²) in [6.07, 6.45) is 6.72. The lowest BCUT2D eigenvalue weighted by Crippen LogP contribution is -2.51. The smallest absolute Gasteiger partial charge is 0.157 e. The lowest BCUT2D eigenvalue weighted by molar-refractivity contribution is -0.130. The fourth-order valence-corrected chi connectivity index (χ4v) is 3.86. The molecule has 1 aromatic rings. The van der Waals surface area contributed by atoms with Gasteiger partial charge in [0.2, 0.25) is 0 Å². The van der Waals surface area contributed by atoms with Gasteiger partial charge >= 0.3 is 0 Å². The molecule has 1 aromatic carbocycles. The Morgan fingerprint density at radius 1 is 1.19 bits per heavy atom. The predicted octanol–water partition coefficient (Wildman–Crippen LogP) is 4.35. The van der Waals surface area contributed by atoms with Crippen LogP contribution in [0.25, 0.3) is 0 Å². The first kappa shape index (κ1) is 16.6. The molecule has 0 aromatic heterocycles. The van der Waals surface area contributed by atoms with Gasteiger partial charge in [0.25, 0.3) is 0 Å². The Hall–Kier alpha value is -0.740. The molecule has 1 aliphatic rings. The summed E-state index contributed by atoms with van der Waals surface area (Å²) in [4.78, 5) is 15.0. The largest absolute Gasteiger partial charge is 0.297 e. The number of nitrogens with zero attached hydrogens (tertiary/aromatic N) is 1. The zero-order valence-corrected chi connectivity index (χ0v) is 14.4. The van der Waals surface area contributed by atoms with Gasteiger partial charge in [-0.15, -0.1) is 0 Å². The second-order valence-electron chi connectivity index (χ2n) is 6.22. The van der Waals surface area contributed by atoms with E-state index in [4.69, 9.17) is 0 Å². The molecule has 0 saturated heterocycles. The van der Waals surface area contributed by atoms with Gasteiger partial charge in [0.1, 0.15) is 5.82 Å². The van der Waals surface area contributed by atoms with Crippen LogP contribution in [0.5, 0.6) is 0 Å². The Bertz CT molecular complexity index is 487. The van der Waals surface area contributed by atoms with Crippen molar-refractivity contribution in [1.29, 1.82) is 0 Å². The zero-order valence-electron chi connectivity index (χ0n) is 12.8. The topological polar surface area (TPSA) is 20.3 Å². The SMILES string of the molecule is CN(C)C1(C(=O)Cc2cc(F)cc(Br)c2)CCCCCC1. The number of hydrogen-bond acceptors (Lipinski definition) is 2. The second-order valence-corrected chi connectivity index (χ2v) is 7.13. The van der Waals surface area contributed by atoms with Crippen LogP contribution in [-0.4, -0.2) is 30.3 Å². The summed E-state index contributed by atoms with van der Waals surface area (Å²) >= 11 is 3.29. The van der Waals surface area contributed by atoms with Gasteiger partial charge in [0.05, 0.1) is 5.54 Å². The lowest BCUT2D eigenvalue weighted by atomic mass is 9.82. The highest BCUT2D eigenvalue weighted by molar-refractivity contribution is 9.10. The average Bonchev–Trinajstić information content (AvgIpc) is 2.63. The molecule has 0 aliphatic heterocycles. The third kappa shape index (κ3) is 3.92.